The Bertz CT molecular complexity index is 394. The van der Waals surface area contributed by atoms with Crippen LogP contribution in [0.2, 0.25) is 0 Å². The minimum Gasteiger partial charge on any atom is -0.478 e. The maximum atomic E-state index is 10.9. The number of nitrogen functional groups attached to an aromatic ring is 1. The van der Waals surface area contributed by atoms with Gasteiger partial charge in [-0.1, -0.05) is 13.3 Å². The van der Waals surface area contributed by atoms with Crippen molar-refractivity contribution < 1.29 is 14.6 Å². The van der Waals surface area contributed by atoms with Crippen molar-refractivity contribution in [2.24, 2.45) is 0 Å². The van der Waals surface area contributed by atoms with E-state index in [0.717, 1.165) is 25.1 Å². The molecule has 0 aromatic heterocycles. The minimum absolute atomic E-state index is 0.118. The number of carboxylic acid groups (broad SMARTS) is 1. The van der Waals surface area contributed by atoms with Crippen molar-refractivity contribution in [3.63, 3.8) is 0 Å². The lowest BCUT2D eigenvalue weighted by Gasteiger charge is -2.09. The van der Waals surface area contributed by atoms with Gasteiger partial charge in [0.1, 0.15) is 0 Å². The van der Waals surface area contributed by atoms with Crippen LogP contribution in [0.4, 0.5) is 11.4 Å². The highest BCUT2D eigenvalue weighted by Gasteiger charge is 2.08. The van der Waals surface area contributed by atoms with Crippen LogP contribution in [0, 0.1) is 0 Å². The molecule has 0 fully saturated rings. The standard InChI is InChI=1S/C13H20N2O3/c1-2-3-7-18-8-6-15-10-4-5-12(14)11(9-10)13(16)17/h4-5,9,15H,2-3,6-8,14H2,1H3,(H,16,17). The Labute approximate surface area is 107 Å². The zero-order valence-corrected chi connectivity index (χ0v) is 10.6. The van der Waals surface area contributed by atoms with E-state index < -0.39 is 5.97 Å². The second kappa shape index (κ2) is 7.55. The van der Waals surface area contributed by atoms with Crippen molar-refractivity contribution in [2.75, 3.05) is 30.8 Å². The van der Waals surface area contributed by atoms with Crippen molar-refractivity contribution in [3.8, 4) is 0 Å². The van der Waals surface area contributed by atoms with E-state index in [1.54, 1.807) is 12.1 Å². The lowest BCUT2D eigenvalue weighted by molar-refractivity contribution is 0.0698. The average molecular weight is 252 g/mol. The Morgan fingerprint density at radius 3 is 2.89 bits per heavy atom. The summed E-state index contributed by atoms with van der Waals surface area (Å²) < 4.78 is 5.39. The third-order valence-electron chi connectivity index (χ3n) is 2.50. The van der Waals surface area contributed by atoms with Gasteiger partial charge in [-0.3, -0.25) is 0 Å². The first-order chi connectivity index (χ1) is 8.65. The van der Waals surface area contributed by atoms with Gasteiger partial charge in [-0.2, -0.15) is 0 Å². The predicted octanol–water partition coefficient (Wildman–Crippen LogP) is 2.20. The van der Waals surface area contributed by atoms with E-state index in [0.29, 0.717) is 13.2 Å². The quantitative estimate of drug-likeness (QED) is 0.488. The number of ether oxygens (including phenoxy) is 1. The smallest absolute Gasteiger partial charge is 0.337 e. The number of hydrogen-bond acceptors (Lipinski definition) is 4. The number of carbonyl (C=O) groups is 1. The lowest BCUT2D eigenvalue weighted by Crippen LogP contribution is -2.11. The Morgan fingerprint density at radius 1 is 1.44 bits per heavy atom. The molecule has 0 unspecified atom stereocenters. The second-order valence-corrected chi connectivity index (χ2v) is 4.00. The average Bonchev–Trinajstić information content (AvgIpc) is 2.35. The zero-order valence-electron chi connectivity index (χ0n) is 10.6. The molecule has 0 heterocycles. The van der Waals surface area contributed by atoms with Crippen LogP contribution in [0.1, 0.15) is 30.1 Å². The van der Waals surface area contributed by atoms with Gasteiger partial charge < -0.3 is 20.9 Å². The molecule has 0 radical (unpaired) electrons. The van der Waals surface area contributed by atoms with E-state index >= 15 is 0 Å². The first-order valence-electron chi connectivity index (χ1n) is 6.09. The summed E-state index contributed by atoms with van der Waals surface area (Å²) in [5.74, 6) is -1.02. The van der Waals surface area contributed by atoms with Crippen LogP contribution >= 0.6 is 0 Å². The second-order valence-electron chi connectivity index (χ2n) is 4.00. The monoisotopic (exact) mass is 252 g/mol. The maximum absolute atomic E-state index is 10.9. The maximum Gasteiger partial charge on any atom is 0.337 e. The number of carboxylic acids is 1. The highest BCUT2D eigenvalue weighted by Crippen LogP contribution is 2.17. The molecule has 0 spiro atoms. The highest BCUT2D eigenvalue weighted by atomic mass is 16.5. The number of nitrogens with one attached hydrogen (secondary N) is 1. The molecule has 0 bridgehead atoms. The Hall–Kier alpha value is -1.75. The molecule has 18 heavy (non-hydrogen) atoms. The molecule has 5 nitrogen and oxygen atoms in total. The number of anilines is 2. The summed E-state index contributed by atoms with van der Waals surface area (Å²) in [5, 5.41) is 12.0. The highest BCUT2D eigenvalue weighted by molar-refractivity contribution is 5.94. The van der Waals surface area contributed by atoms with E-state index in [1.165, 1.54) is 6.07 Å². The molecule has 1 rings (SSSR count). The van der Waals surface area contributed by atoms with Gasteiger partial charge in [0.25, 0.3) is 0 Å². The third kappa shape index (κ3) is 4.63. The lowest BCUT2D eigenvalue weighted by atomic mass is 10.1. The number of nitrogens with two attached hydrogens (primary N) is 1. The molecule has 0 amide bonds. The predicted molar refractivity (Wildman–Crippen MR) is 72.0 cm³/mol. The van der Waals surface area contributed by atoms with E-state index in [4.69, 9.17) is 15.6 Å². The largest absolute Gasteiger partial charge is 0.478 e. The van der Waals surface area contributed by atoms with Gasteiger partial charge in [0.15, 0.2) is 0 Å². The molecule has 0 atom stereocenters. The SMILES string of the molecule is CCCCOCCNc1ccc(N)c(C(=O)O)c1. The van der Waals surface area contributed by atoms with E-state index in [2.05, 4.69) is 12.2 Å². The van der Waals surface area contributed by atoms with Gasteiger partial charge in [0, 0.05) is 24.5 Å². The fraction of sp³-hybridized carbons (Fsp3) is 0.462. The van der Waals surface area contributed by atoms with Crippen LogP contribution in [0.3, 0.4) is 0 Å². The first-order valence-corrected chi connectivity index (χ1v) is 6.09. The third-order valence-corrected chi connectivity index (χ3v) is 2.50. The van der Waals surface area contributed by atoms with E-state index in [9.17, 15) is 4.79 Å². The molecule has 100 valence electrons. The van der Waals surface area contributed by atoms with Crippen molar-refractivity contribution >= 4 is 17.3 Å². The molecule has 1 aromatic carbocycles. The Morgan fingerprint density at radius 2 is 2.22 bits per heavy atom. The fourth-order valence-corrected chi connectivity index (χ4v) is 1.47. The topological polar surface area (TPSA) is 84.6 Å². The molecule has 0 aliphatic rings. The Balaban J connectivity index is 2.38. The summed E-state index contributed by atoms with van der Waals surface area (Å²) >= 11 is 0. The van der Waals surface area contributed by atoms with Gasteiger partial charge in [-0.15, -0.1) is 0 Å². The summed E-state index contributed by atoms with van der Waals surface area (Å²) in [6, 6.07) is 4.88. The molecule has 0 aliphatic carbocycles. The molecule has 5 heteroatoms. The number of aromatic carboxylic acids is 1. The number of hydrogen-bond donors (Lipinski definition) is 3. The van der Waals surface area contributed by atoms with Gasteiger partial charge >= 0.3 is 5.97 Å². The van der Waals surface area contributed by atoms with Gasteiger partial charge in [-0.25, -0.2) is 4.79 Å². The van der Waals surface area contributed by atoms with Crippen LogP contribution in [0.15, 0.2) is 18.2 Å². The first kappa shape index (κ1) is 14.3. The molecule has 0 saturated carbocycles. The van der Waals surface area contributed by atoms with Crippen LogP contribution in [0.5, 0.6) is 0 Å². The molecular weight excluding hydrogens is 232 g/mol. The van der Waals surface area contributed by atoms with Crippen molar-refractivity contribution in [1.29, 1.82) is 0 Å². The molecule has 4 N–H and O–H groups in total. The number of rotatable bonds is 8. The summed E-state index contributed by atoms with van der Waals surface area (Å²) in [6.45, 7) is 4.13. The number of unbranched alkanes of at least 4 members (excludes halogenated alkanes) is 1. The van der Waals surface area contributed by atoms with Crippen LogP contribution < -0.4 is 11.1 Å². The van der Waals surface area contributed by atoms with Crippen molar-refractivity contribution in [3.05, 3.63) is 23.8 Å². The van der Waals surface area contributed by atoms with Gasteiger partial charge in [-0.05, 0) is 24.6 Å². The molecular formula is C13H20N2O3. The van der Waals surface area contributed by atoms with Crippen LogP contribution in [-0.2, 0) is 4.74 Å². The molecule has 1 aromatic rings. The van der Waals surface area contributed by atoms with Gasteiger partial charge in [0.05, 0.1) is 12.2 Å². The van der Waals surface area contributed by atoms with E-state index in [1.807, 2.05) is 0 Å². The Kier molecular flexibility index (Phi) is 6.00. The number of benzene rings is 1. The van der Waals surface area contributed by atoms with E-state index in [-0.39, 0.29) is 11.3 Å². The van der Waals surface area contributed by atoms with Crippen LogP contribution in [0.25, 0.3) is 0 Å². The minimum atomic E-state index is -1.02. The zero-order chi connectivity index (χ0) is 13.4. The normalized spacial score (nSPS) is 10.3. The van der Waals surface area contributed by atoms with Crippen LogP contribution in [-0.4, -0.2) is 30.8 Å². The van der Waals surface area contributed by atoms with Crippen molar-refractivity contribution in [1.82, 2.24) is 0 Å². The van der Waals surface area contributed by atoms with Crippen molar-refractivity contribution in [2.45, 2.75) is 19.8 Å². The fourth-order valence-electron chi connectivity index (χ4n) is 1.47. The van der Waals surface area contributed by atoms with Gasteiger partial charge in [0.2, 0.25) is 0 Å². The summed E-state index contributed by atoms with van der Waals surface area (Å²) in [5.41, 5.74) is 6.69. The molecule has 0 aliphatic heterocycles. The summed E-state index contributed by atoms with van der Waals surface area (Å²) in [7, 11) is 0. The molecule has 0 saturated heterocycles. The summed E-state index contributed by atoms with van der Waals surface area (Å²) in [6.07, 6.45) is 2.18. The summed E-state index contributed by atoms with van der Waals surface area (Å²) in [4.78, 5) is 10.9.